The standard InChI is InChI=1S/C16H9F7N4O2S/c1-30(28,29)9-3-5-12(24-7-9)27-13(25-14(26-27)16(21,22)23)10-4-2-8(6-11(10)17)15(18,19)20/h2-7H,1H3. The Labute approximate surface area is 163 Å². The zero-order valence-corrected chi connectivity index (χ0v) is 15.4. The van der Waals surface area contributed by atoms with E-state index in [0.29, 0.717) is 16.8 Å². The Bertz CT molecular complexity index is 1200. The van der Waals surface area contributed by atoms with Gasteiger partial charge in [-0.1, -0.05) is 0 Å². The van der Waals surface area contributed by atoms with Crippen LogP contribution in [0.15, 0.2) is 41.4 Å². The van der Waals surface area contributed by atoms with Gasteiger partial charge < -0.3 is 0 Å². The molecule has 14 heteroatoms. The van der Waals surface area contributed by atoms with Gasteiger partial charge in [0.15, 0.2) is 21.5 Å². The fourth-order valence-electron chi connectivity index (χ4n) is 2.36. The summed E-state index contributed by atoms with van der Waals surface area (Å²) in [6, 6.07) is 3.23. The lowest BCUT2D eigenvalue weighted by atomic mass is 10.1. The average molecular weight is 454 g/mol. The van der Waals surface area contributed by atoms with Crippen LogP contribution < -0.4 is 0 Å². The summed E-state index contributed by atoms with van der Waals surface area (Å²) in [4.78, 5) is 6.65. The van der Waals surface area contributed by atoms with Gasteiger partial charge in [0.25, 0.3) is 5.82 Å². The van der Waals surface area contributed by atoms with E-state index < -0.39 is 50.8 Å². The van der Waals surface area contributed by atoms with Gasteiger partial charge in [-0.2, -0.15) is 31.0 Å². The molecule has 2 aromatic heterocycles. The minimum absolute atomic E-state index is 0.113. The maximum Gasteiger partial charge on any atom is 0.453 e. The zero-order chi connectivity index (χ0) is 22.5. The molecule has 1 aromatic carbocycles. The van der Waals surface area contributed by atoms with Crippen molar-refractivity contribution in [1.82, 2.24) is 19.7 Å². The van der Waals surface area contributed by atoms with E-state index in [0.717, 1.165) is 24.6 Å². The van der Waals surface area contributed by atoms with Gasteiger partial charge in [0.2, 0.25) is 0 Å². The number of aromatic nitrogens is 4. The van der Waals surface area contributed by atoms with Gasteiger partial charge in [-0.05, 0) is 30.3 Å². The molecule has 0 fully saturated rings. The summed E-state index contributed by atoms with van der Waals surface area (Å²) in [6.45, 7) is 0. The summed E-state index contributed by atoms with van der Waals surface area (Å²) in [5, 5.41) is 3.21. The van der Waals surface area contributed by atoms with Crippen molar-refractivity contribution in [3.63, 3.8) is 0 Å². The first-order valence-corrected chi connectivity index (χ1v) is 9.65. The van der Waals surface area contributed by atoms with Crippen LogP contribution in [0.1, 0.15) is 11.4 Å². The first-order valence-electron chi connectivity index (χ1n) is 7.76. The topological polar surface area (TPSA) is 77.7 Å². The molecule has 0 unspecified atom stereocenters. The molecular formula is C16H9F7N4O2S. The first-order chi connectivity index (χ1) is 13.7. The van der Waals surface area contributed by atoms with Crippen LogP contribution in [0.4, 0.5) is 30.7 Å². The Kier molecular flexibility index (Phi) is 5.08. The van der Waals surface area contributed by atoms with Gasteiger partial charge in [0.1, 0.15) is 5.82 Å². The molecule has 160 valence electrons. The summed E-state index contributed by atoms with van der Waals surface area (Å²) in [6.07, 6.45) is -8.20. The van der Waals surface area contributed by atoms with Crippen LogP contribution >= 0.6 is 0 Å². The van der Waals surface area contributed by atoms with E-state index in [1.807, 2.05) is 0 Å². The molecule has 3 aromatic rings. The third-order valence-electron chi connectivity index (χ3n) is 3.76. The maximum atomic E-state index is 14.3. The number of pyridine rings is 1. The van der Waals surface area contributed by atoms with Gasteiger partial charge in [-0.15, -0.1) is 5.10 Å². The van der Waals surface area contributed by atoms with Crippen LogP contribution in [-0.4, -0.2) is 34.4 Å². The van der Waals surface area contributed by atoms with Crippen molar-refractivity contribution in [2.75, 3.05) is 6.26 Å². The van der Waals surface area contributed by atoms with Crippen molar-refractivity contribution in [3.8, 4) is 17.2 Å². The molecular weight excluding hydrogens is 445 g/mol. The Morgan fingerprint density at radius 1 is 0.967 bits per heavy atom. The van der Waals surface area contributed by atoms with Gasteiger partial charge in [0.05, 0.1) is 16.0 Å². The molecule has 0 saturated heterocycles. The molecule has 0 saturated carbocycles. The number of hydrogen-bond acceptors (Lipinski definition) is 5. The third-order valence-corrected chi connectivity index (χ3v) is 4.86. The van der Waals surface area contributed by atoms with E-state index in [4.69, 9.17) is 0 Å². The lowest BCUT2D eigenvalue weighted by molar-refractivity contribution is -0.144. The molecule has 0 amide bonds. The van der Waals surface area contributed by atoms with Crippen LogP contribution in [0, 0.1) is 5.82 Å². The summed E-state index contributed by atoms with van der Waals surface area (Å²) in [5.41, 5.74) is -2.04. The SMILES string of the molecule is CS(=O)(=O)c1ccc(-n2nc(C(F)(F)F)nc2-c2ccc(C(F)(F)F)cc2F)nc1. The predicted molar refractivity (Wildman–Crippen MR) is 87.7 cm³/mol. The minimum atomic E-state index is -5.05. The molecule has 0 bridgehead atoms. The molecule has 0 N–H and O–H groups in total. The highest BCUT2D eigenvalue weighted by atomic mass is 32.2. The van der Waals surface area contributed by atoms with Crippen LogP contribution in [-0.2, 0) is 22.2 Å². The molecule has 0 aliphatic heterocycles. The van der Waals surface area contributed by atoms with Crippen molar-refractivity contribution in [3.05, 3.63) is 53.7 Å². The van der Waals surface area contributed by atoms with E-state index in [1.165, 1.54) is 0 Å². The number of alkyl halides is 6. The lowest BCUT2D eigenvalue weighted by Gasteiger charge is -2.10. The highest BCUT2D eigenvalue weighted by molar-refractivity contribution is 7.90. The van der Waals surface area contributed by atoms with Gasteiger partial charge in [-0.3, -0.25) is 0 Å². The Hall–Kier alpha value is -3.03. The molecule has 0 atom stereocenters. The summed E-state index contributed by atoms with van der Waals surface area (Å²) in [5.74, 6) is -4.31. The molecule has 6 nitrogen and oxygen atoms in total. The van der Waals surface area contributed by atoms with Crippen LogP contribution in [0.2, 0.25) is 0 Å². The quantitative estimate of drug-likeness (QED) is 0.561. The molecule has 0 radical (unpaired) electrons. The average Bonchev–Trinajstić information content (AvgIpc) is 3.05. The van der Waals surface area contributed by atoms with Crippen molar-refractivity contribution in [2.45, 2.75) is 17.2 Å². The van der Waals surface area contributed by atoms with E-state index in [-0.39, 0.29) is 16.8 Å². The van der Waals surface area contributed by atoms with Crippen molar-refractivity contribution < 1.29 is 39.2 Å². The van der Waals surface area contributed by atoms with Crippen molar-refractivity contribution >= 4 is 9.84 Å². The monoisotopic (exact) mass is 454 g/mol. The van der Waals surface area contributed by atoms with Crippen molar-refractivity contribution in [2.24, 2.45) is 0 Å². The van der Waals surface area contributed by atoms with Crippen LogP contribution in [0.25, 0.3) is 17.2 Å². The number of nitrogens with zero attached hydrogens (tertiary/aromatic N) is 4. The normalized spacial score (nSPS) is 12.9. The molecule has 0 spiro atoms. The van der Waals surface area contributed by atoms with Crippen molar-refractivity contribution in [1.29, 1.82) is 0 Å². The second-order valence-electron chi connectivity index (χ2n) is 5.99. The van der Waals surface area contributed by atoms with Crippen LogP contribution in [0.3, 0.4) is 0 Å². The second-order valence-corrected chi connectivity index (χ2v) is 8.00. The Balaban J connectivity index is 2.19. The van der Waals surface area contributed by atoms with E-state index in [2.05, 4.69) is 15.1 Å². The fourth-order valence-corrected chi connectivity index (χ4v) is 2.92. The summed E-state index contributed by atoms with van der Waals surface area (Å²) >= 11 is 0. The predicted octanol–water partition coefficient (Wildman–Crippen LogP) is 3.91. The zero-order valence-electron chi connectivity index (χ0n) is 14.6. The lowest BCUT2D eigenvalue weighted by Crippen LogP contribution is -2.09. The number of sulfone groups is 1. The maximum absolute atomic E-state index is 14.3. The van der Waals surface area contributed by atoms with Gasteiger partial charge >= 0.3 is 12.4 Å². The number of benzene rings is 1. The molecule has 2 heterocycles. The second kappa shape index (κ2) is 7.04. The van der Waals surface area contributed by atoms with Gasteiger partial charge in [0, 0.05) is 12.5 Å². The molecule has 0 aliphatic carbocycles. The Morgan fingerprint density at radius 3 is 2.10 bits per heavy atom. The summed E-state index contributed by atoms with van der Waals surface area (Å²) in [7, 11) is -3.66. The Morgan fingerprint density at radius 2 is 1.63 bits per heavy atom. The smallest absolute Gasteiger partial charge is 0.236 e. The van der Waals surface area contributed by atoms with E-state index in [1.54, 1.807) is 0 Å². The number of halogens is 7. The highest BCUT2D eigenvalue weighted by Crippen LogP contribution is 2.34. The highest BCUT2D eigenvalue weighted by Gasteiger charge is 2.38. The largest absolute Gasteiger partial charge is 0.453 e. The summed E-state index contributed by atoms with van der Waals surface area (Å²) < 4.78 is 115. The number of hydrogen-bond donors (Lipinski definition) is 0. The van der Waals surface area contributed by atoms with E-state index >= 15 is 0 Å². The fraction of sp³-hybridized carbons (Fsp3) is 0.188. The minimum Gasteiger partial charge on any atom is -0.236 e. The molecule has 3 rings (SSSR count). The number of rotatable bonds is 3. The molecule has 30 heavy (non-hydrogen) atoms. The molecule has 0 aliphatic rings. The van der Waals surface area contributed by atoms with E-state index in [9.17, 15) is 39.2 Å². The van der Waals surface area contributed by atoms with Gasteiger partial charge in [-0.25, -0.2) is 22.8 Å². The third kappa shape index (κ3) is 4.27. The first kappa shape index (κ1) is 21.7. The van der Waals surface area contributed by atoms with Crippen LogP contribution in [0.5, 0.6) is 0 Å².